The zero-order chi connectivity index (χ0) is 58.9. The first-order chi connectivity index (χ1) is 39.0. The maximum Gasteiger partial charge on any atom is 0.258 e. The van der Waals surface area contributed by atoms with Crippen LogP contribution in [0.25, 0.3) is 43.8 Å². The average molecular weight is 1130 g/mol. The van der Waals surface area contributed by atoms with Crippen LogP contribution in [0.2, 0.25) is 0 Å². The molecular formula is C64H82F2N8O8. The van der Waals surface area contributed by atoms with Gasteiger partial charge in [0.1, 0.15) is 11.6 Å². The zero-order valence-corrected chi connectivity index (χ0v) is 48.7. The van der Waals surface area contributed by atoms with Gasteiger partial charge in [-0.05, 0) is 157 Å². The Hall–Kier alpha value is -6.22. The molecule has 0 spiro atoms. The molecular weight excluding hydrogens is 1050 g/mol. The number of pyridine rings is 2. The molecule has 16 nitrogen and oxygen atoms in total. The number of amides is 2. The summed E-state index contributed by atoms with van der Waals surface area (Å²) in [5, 5.41) is 54.5. The second kappa shape index (κ2) is 24.9. The number of hydrogen-bond acceptors (Lipinski definition) is 12. The lowest BCUT2D eigenvalue weighted by Crippen LogP contribution is -2.52. The van der Waals surface area contributed by atoms with Crippen molar-refractivity contribution in [2.75, 3.05) is 65.7 Å². The fraction of sp³-hybridized carbons (Fsp3) is 0.500. The number of fused-ring (bicyclic) bond motifs is 2. The molecule has 6 aromatic rings. The highest BCUT2D eigenvalue weighted by Gasteiger charge is 2.31. The topological polar surface area (TPSA) is 214 Å². The first-order valence-corrected chi connectivity index (χ1v) is 29.0. The van der Waals surface area contributed by atoms with Crippen LogP contribution >= 0.6 is 0 Å². The van der Waals surface area contributed by atoms with Gasteiger partial charge in [-0.2, -0.15) is 0 Å². The van der Waals surface area contributed by atoms with Gasteiger partial charge >= 0.3 is 0 Å². The van der Waals surface area contributed by atoms with Gasteiger partial charge in [0.15, 0.2) is 0 Å². The van der Waals surface area contributed by atoms with Crippen molar-refractivity contribution in [3.63, 3.8) is 0 Å². The fourth-order valence-electron chi connectivity index (χ4n) is 11.4. The Morgan fingerprint density at radius 1 is 0.598 bits per heavy atom. The van der Waals surface area contributed by atoms with Gasteiger partial charge in [0.25, 0.3) is 22.9 Å². The van der Waals surface area contributed by atoms with Gasteiger partial charge in [-0.25, -0.2) is 8.78 Å². The molecule has 0 bridgehead atoms. The number of hydrogen-bond donors (Lipinski definition) is 8. The Labute approximate surface area is 478 Å². The highest BCUT2D eigenvalue weighted by Crippen LogP contribution is 2.37. The Balaban J connectivity index is 0.000000198. The largest absolute Gasteiger partial charge is 0.396 e. The summed E-state index contributed by atoms with van der Waals surface area (Å²) in [5.41, 5.74) is 4.69. The Morgan fingerprint density at radius 3 is 1.32 bits per heavy atom. The van der Waals surface area contributed by atoms with Crippen LogP contribution in [0.3, 0.4) is 0 Å². The van der Waals surface area contributed by atoms with Gasteiger partial charge in [-0.15, -0.1) is 0 Å². The first kappa shape index (κ1) is 60.4. The lowest BCUT2D eigenvalue weighted by atomic mass is 9.92. The third kappa shape index (κ3) is 13.6. The summed E-state index contributed by atoms with van der Waals surface area (Å²) in [7, 11) is 0. The molecule has 4 aromatic carbocycles. The van der Waals surface area contributed by atoms with E-state index in [-0.39, 0.29) is 96.7 Å². The van der Waals surface area contributed by atoms with E-state index in [0.717, 1.165) is 84.9 Å². The second-order valence-electron chi connectivity index (χ2n) is 25.0. The lowest BCUT2D eigenvalue weighted by molar-refractivity contribution is 0.0942. The van der Waals surface area contributed by atoms with Gasteiger partial charge in [-0.1, -0.05) is 39.8 Å². The number of aliphatic hydroxyl groups excluding tert-OH is 4. The molecule has 2 aliphatic heterocycles. The van der Waals surface area contributed by atoms with Gasteiger partial charge in [0, 0.05) is 147 Å². The normalized spacial score (nSPS) is 19.0. The van der Waals surface area contributed by atoms with Crippen LogP contribution in [0.1, 0.15) is 122 Å². The Bertz CT molecular complexity index is 3250. The highest BCUT2D eigenvalue weighted by molar-refractivity contribution is 5.98. The standard InChI is InChI=1S/2C32H41FN4O4/c2*1-19-26(12-22(13-29(19)33)30(40)35-23-6-7-23)21-5-8-25-27(11-21)28(15-37(31(25)41)17-32(3,4)18-39)20(2)36-10-9-34-24(14-36)16-38/h2*5,8,11-13,15,20,23-24,34,38-39H,6-7,9-10,14,16-18H2,1-4H3,(H,35,40)/t2*20?,24-/m11/s1. The molecule has 18 heteroatoms. The quantitative estimate of drug-likeness (QED) is 0.0452. The number of aromatic nitrogens is 2. The van der Waals surface area contributed by atoms with Crippen LogP contribution in [0.4, 0.5) is 8.78 Å². The molecule has 0 radical (unpaired) electrons. The second-order valence-corrected chi connectivity index (χ2v) is 25.0. The van der Waals surface area contributed by atoms with E-state index in [1.807, 2.05) is 64.4 Å². The monoisotopic (exact) mass is 1130 g/mol. The van der Waals surface area contributed by atoms with Crippen molar-refractivity contribution in [2.24, 2.45) is 10.8 Å². The molecule has 2 aromatic heterocycles. The number of benzene rings is 4. The molecule has 4 fully saturated rings. The summed E-state index contributed by atoms with van der Waals surface area (Å²) in [6.45, 7) is 20.3. The third-order valence-corrected chi connectivity index (χ3v) is 17.0. The minimum atomic E-state index is -0.495. The van der Waals surface area contributed by atoms with E-state index >= 15 is 8.78 Å². The predicted molar refractivity (Wildman–Crippen MR) is 317 cm³/mol. The van der Waals surface area contributed by atoms with E-state index in [4.69, 9.17) is 0 Å². The Morgan fingerprint density at radius 2 is 0.976 bits per heavy atom. The molecule has 4 heterocycles. The molecule has 2 amide bonds. The van der Waals surface area contributed by atoms with E-state index in [2.05, 4.69) is 44.9 Å². The van der Waals surface area contributed by atoms with Crippen molar-refractivity contribution >= 4 is 33.4 Å². The SMILES string of the molecule is Cc1c(F)cc(C(=O)NC2CC2)cc1-c1ccc2c(=O)n(CC(C)(C)CO)cc(C(C)N3CCN[C@@H](CO)C3)c2c1.Cc1c(F)cc(C(=O)NC2CC2)cc1-c1ccc2c(=O)n(CC(C)(C)CO)cc(C(C)N3CCN[C@@H](CO)C3)c2c1. The van der Waals surface area contributed by atoms with E-state index in [1.54, 1.807) is 47.2 Å². The van der Waals surface area contributed by atoms with Crippen molar-refractivity contribution in [1.82, 2.24) is 40.2 Å². The van der Waals surface area contributed by atoms with Crippen molar-refractivity contribution < 1.29 is 38.8 Å². The van der Waals surface area contributed by atoms with Crippen molar-refractivity contribution in [3.8, 4) is 22.3 Å². The van der Waals surface area contributed by atoms with Gasteiger partial charge < -0.3 is 50.8 Å². The summed E-state index contributed by atoms with van der Waals surface area (Å²) >= 11 is 0. The summed E-state index contributed by atoms with van der Waals surface area (Å²) in [6, 6.07) is 17.2. The van der Waals surface area contributed by atoms with Crippen molar-refractivity contribution in [3.05, 3.63) is 139 Å². The number of carbonyl (C=O) groups is 2. The molecule has 4 aliphatic rings. The lowest BCUT2D eigenvalue weighted by Gasteiger charge is -2.37. The van der Waals surface area contributed by atoms with Gasteiger partial charge in [0.2, 0.25) is 0 Å². The van der Waals surface area contributed by atoms with Gasteiger partial charge in [0.05, 0.1) is 13.2 Å². The summed E-state index contributed by atoms with van der Waals surface area (Å²) in [6.07, 6.45) is 7.55. The molecule has 2 saturated heterocycles. The maximum absolute atomic E-state index is 15.1. The molecule has 10 rings (SSSR count). The first-order valence-electron chi connectivity index (χ1n) is 29.0. The van der Waals surface area contributed by atoms with Crippen molar-refractivity contribution in [1.29, 1.82) is 0 Å². The van der Waals surface area contributed by atoms with E-state index in [0.29, 0.717) is 59.2 Å². The van der Waals surface area contributed by atoms with Crippen LogP contribution in [-0.2, 0) is 13.1 Å². The zero-order valence-electron chi connectivity index (χ0n) is 48.7. The Kier molecular flexibility index (Phi) is 18.4. The summed E-state index contributed by atoms with van der Waals surface area (Å²) < 4.78 is 33.6. The van der Waals surface area contributed by atoms with Crippen LogP contribution in [0.5, 0.6) is 0 Å². The molecule has 2 unspecified atom stereocenters. The third-order valence-electron chi connectivity index (χ3n) is 17.0. The molecule has 2 saturated carbocycles. The number of aliphatic hydroxyl groups is 4. The average Bonchev–Trinajstić information content (AvgIpc) is 2.86. The minimum absolute atomic E-state index is 0.0355. The van der Waals surface area contributed by atoms with E-state index in [9.17, 15) is 39.6 Å². The van der Waals surface area contributed by atoms with Crippen LogP contribution in [0, 0.1) is 36.3 Å². The van der Waals surface area contributed by atoms with Gasteiger partial charge in [-0.3, -0.25) is 29.0 Å². The maximum atomic E-state index is 15.1. The number of nitrogens with zero attached hydrogens (tertiary/aromatic N) is 4. The number of rotatable bonds is 18. The number of piperazine rings is 2. The van der Waals surface area contributed by atoms with Crippen LogP contribution in [-0.4, -0.2) is 141 Å². The van der Waals surface area contributed by atoms with Crippen LogP contribution in [0.15, 0.2) is 82.6 Å². The molecule has 2 aliphatic carbocycles. The summed E-state index contributed by atoms with van der Waals surface area (Å²) in [5.74, 6) is -1.46. The van der Waals surface area contributed by atoms with Crippen molar-refractivity contribution in [2.45, 2.75) is 130 Å². The minimum Gasteiger partial charge on any atom is -0.396 e. The smallest absolute Gasteiger partial charge is 0.258 e. The van der Waals surface area contributed by atoms with E-state index < -0.39 is 22.5 Å². The highest BCUT2D eigenvalue weighted by atomic mass is 19.1. The van der Waals surface area contributed by atoms with Crippen LogP contribution < -0.4 is 32.4 Å². The number of nitrogens with one attached hydrogen (secondary N) is 4. The molecule has 8 N–H and O–H groups in total. The number of halogens is 2. The fourth-order valence-corrected chi connectivity index (χ4v) is 11.4. The molecule has 440 valence electrons. The van der Waals surface area contributed by atoms with E-state index in [1.165, 1.54) is 12.1 Å². The molecule has 82 heavy (non-hydrogen) atoms. The summed E-state index contributed by atoms with van der Waals surface area (Å²) in [4.78, 5) is 57.5. The predicted octanol–water partition coefficient (Wildman–Crippen LogP) is 6.71. The molecule has 4 atom stereocenters. The number of carbonyl (C=O) groups excluding carboxylic acids is 2.